The molecule has 0 aliphatic carbocycles. The van der Waals surface area contributed by atoms with E-state index in [9.17, 15) is 10.0 Å². The van der Waals surface area contributed by atoms with Gasteiger partial charge in [0.05, 0.1) is 7.11 Å². The molecule has 0 aromatic heterocycles. The van der Waals surface area contributed by atoms with E-state index in [0.717, 1.165) is 24.3 Å². The lowest BCUT2D eigenvalue weighted by atomic mass is 9.78. The van der Waals surface area contributed by atoms with E-state index in [1.165, 1.54) is 7.11 Å². The fourth-order valence-electron chi connectivity index (χ4n) is 2.04. The maximum absolute atomic E-state index is 9.38. The van der Waals surface area contributed by atoms with Crippen LogP contribution in [0.1, 0.15) is 18.9 Å². The Morgan fingerprint density at radius 3 is 2.65 bits per heavy atom. The van der Waals surface area contributed by atoms with Gasteiger partial charge < -0.3 is 14.8 Å². The van der Waals surface area contributed by atoms with Gasteiger partial charge in [0.25, 0.3) is 0 Å². The van der Waals surface area contributed by atoms with E-state index < -0.39 is 7.12 Å². The predicted octanol–water partition coefficient (Wildman–Crippen LogP) is 0.948. The maximum Gasteiger partial charge on any atom is 0.492 e. The Hall–Kier alpha value is -0.685. The molecule has 0 saturated heterocycles. The smallest absolute Gasteiger partial charge is 0.492 e. The monoisotopic (exact) mass is 297 g/mol. The average molecular weight is 297 g/mol. The SMILES string of the molecule is COc1ccc(CN(C)C(C)CCSC)cc1B(O)O. The van der Waals surface area contributed by atoms with Crippen molar-refractivity contribution in [3.63, 3.8) is 0 Å². The van der Waals surface area contributed by atoms with Crippen molar-refractivity contribution in [2.45, 2.75) is 25.9 Å². The van der Waals surface area contributed by atoms with Crippen molar-refractivity contribution in [3.8, 4) is 5.75 Å². The molecule has 0 radical (unpaired) electrons. The lowest BCUT2D eigenvalue weighted by Crippen LogP contribution is -2.33. The van der Waals surface area contributed by atoms with Crippen LogP contribution in [0, 0.1) is 0 Å². The third kappa shape index (κ3) is 5.02. The van der Waals surface area contributed by atoms with E-state index in [-0.39, 0.29) is 0 Å². The van der Waals surface area contributed by atoms with E-state index in [1.807, 2.05) is 17.8 Å². The summed E-state index contributed by atoms with van der Waals surface area (Å²) < 4.78 is 5.13. The summed E-state index contributed by atoms with van der Waals surface area (Å²) in [5.74, 6) is 1.65. The highest BCUT2D eigenvalue weighted by atomic mass is 32.2. The second-order valence-corrected chi connectivity index (χ2v) is 5.98. The van der Waals surface area contributed by atoms with Gasteiger partial charge in [-0.05, 0) is 44.0 Å². The molecular weight excluding hydrogens is 273 g/mol. The molecule has 0 heterocycles. The van der Waals surface area contributed by atoms with Gasteiger partial charge in [0.15, 0.2) is 0 Å². The van der Waals surface area contributed by atoms with Crippen LogP contribution < -0.4 is 10.2 Å². The quantitative estimate of drug-likeness (QED) is 0.700. The molecule has 0 bridgehead atoms. The Kier molecular flexibility index (Phi) is 7.44. The van der Waals surface area contributed by atoms with Crippen molar-refractivity contribution in [2.75, 3.05) is 26.2 Å². The summed E-state index contributed by atoms with van der Waals surface area (Å²) in [6, 6.07) is 6.03. The molecule has 2 N–H and O–H groups in total. The molecule has 112 valence electrons. The van der Waals surface area contributed by atoms with Crippen molar-refractivity contribution in [3.05, 3.63) is 23.8 Å². The minimum absolute atomic E-state index is 0.412. The predicted molar refractivity (Wildman–Crippen MR) is 86.7 cm³/mol. The van der Waals surface area contributed by atoms with E-state index >= 15 is 0 Å². The molecule has 0 spiro atoms. The second-order valence-electron chi connectivity index (χ2n) is 5.00. The van der Waals surface area contributed by atoms with Gasteiger partial charge >= 0.3 is 7.12 Å². The zero-order chi connectivity index (χ0) is 15.1. The number of nitrogens with zero attached hydrogens (tertiary/aromatic N) is 1. The number of ether oxygens (including phenoxy) is 1. The number of hydrogen-bond acceptors (Lipinski definition) is 5. The molecule has 4 nitrogen and oxygen atoms in total. The van der Waals surface area contributed by atoms with E-state index in [4.69, 9.17) is 4.74 Å². The first kappa shape index (κ1) is 17.4. The first-order valence-corrected chi connectivity index (χ1v) is 8.11. The van der Waals surface area contributed by atoms with Crippen LogP contribution in [0.15, 0.2) is 18.2 Å². The molecule has 0 saturated carbocycles. The molecule has 1 aromatic rings. The van der Waals surface area contributed by atoms with Crippen LogP contribution in [0.25, 0.3) is 0 Å². The van der Waals surface area contributed by atoms with Crippen LogP contribution in [-0.4, -0.2) is 54.3 Å². The van der Waals surface area contributed by atoms with Crippen LogP contribution in [0.5, 0.6) is 5.75 Å². The fourth-order valence-corrected chi connectivity index (χ4v) is 2.61. The minimum Gasteiger partial charge on any atom is -0.497 e. The summed E-state index contributed by atoms with van der Waals surface area (Å²) >= 11 is 1.86. The highest BCUT2D eigenvalue weighted by molar-refractivity contribution is 7.98. The summed E-state index contributed by atoms with van der Waals surface area (Å²) in [6.45, 7) is 2.99. The summed E-state index contributed by atoms with van der Waals surface area (Å²) in [6.07, 6.45) is 3.26. The summed E-state index contributed by atoms with van der Waals surface area (Å²) in [4.78, 5) is 2.27. The highest BCUT2D eigenvalue weighted by Gasteiger charge is 2.18. The van der Waals surface area contributed by atoms with E-state index in [2.05, 4.69) is 25.1 Å². The second kappa shape index (κ2) is 8.57. The summed E-state index contributed by atoms with van der Waals surface area (Å²) in [5.41, 5.74) is 1.46. The molecule has 1 rings (SSSR count). The first-order chi connectivity index (χ1) is 9.49. The number of methoxy groups -OCH3 is 1. The van der Waals surface area contributed by atoms with E-state index in [1.54, 1.807) is 12.1 Å². The zero-order valence-corrected chi connectivity index (χ0v) is 13.5. The van der Waals surface area contributed by atoms with Crippen molar-refractivity contribution >= 4 is 24.3 Å². The zero-order valence-electron chi connectivity index (χ0n) is 12.7. The largest absolute Gasteiger partial charge is 0.497 e. The summed E-state index contributed by atoms with van der Waals surface area (Å²) in [7, 11) is 2.10. The molecule has 20 heavy (non-hydrogen) atoms. The molecule has 0 amide bonds. The first-order valence-electron chi connectivity index (χ1n) is 6.71. The third-order valence-corrected chi connectivity index (χ3v) is 4.14. The Morgan fingerprint density at radius 1 is 1.40 bits per heavy atom. The Bertz CT molecular complexity index is 417. The number of thioether (sulfide) groups is 1. The lowest BCUT2D eigenvalue weighted by Gasteiger charge is -2.25. The molecular formula is C14H24BNO3S. The van der Waals surface area contributed by atoms with Gasteiger partial charge in [-0.25, -0.2) is 0 Å². The number of hydrogen-bond donors (Lipinski definition) is 2. The standard InChI is InChI=1S/C14H24BNO3S/c1-11(7-8-20-4)16(2)10-12-5-6-14(19-3)13(9-12)15(17)18/h5-6,9,11,17-18H,7-8,10H2,1-4H3. The number of rotatable bonds is 8. The Balaban J connectivity index is 2.74. The van der Waals surface area contributed by atoms with Crippen LogP contribution in [0.2, 0.25) is 0 Å². The molecule has 1 atom stereocenters. The van der Waals surface area contributed by atoms with E-state index in [0.29, 0.717) is 17.3 Å². The van der Waals surface area contributed by atoms with Gasteiger partial charge in [-0.3, -0.25) is 4.90 Å². The van der Waals surface area contributed by atoms with Gasteiger partial charge in [0.1, 0.15) is 5.75 Å². The van der Waals surface area contributed by atoms with Gasteiger partial charge in [0, 0.05) is 18.0 Å². The minimum atomic E-state index is -1.51. The molecule has 1 unspecified atom stereocenters. The molecule has 0 aliphatic rings. The van der Waals surface area contributed by atoms with Gasteiger partial charge in [-0.15, -0.1) is 0 Å². The normalized spacial score (nSPS) is 12.6. The molecule has 0 fully saturated rings. The Labute approximate surface area is 126 Å². The topological polar surface area (TPSA) is 52.9 Å². The molecule has 1 aromatic carbocycles. The van der Waals surface area contributed by atoms with Crippen LogP contribution in [0.3, 0.4) is 0 Å². The van der Waals surface area contributed by atoms with Crippen LogP contribution >= 0.6 is 11.8 Å². The van der Waals surface area contributed by atoms with Crippen molar-refractivity contribution in [2.24, 2.45) is 0 Å². The molecule has 6 heteroatoms. The fraction of sp³-hybridized carbons (Fsp3) is 0.571. The average Bonchev–Trinajstić information content (AvgIpc) is 2.44. The van der Waals surface area contributed by atoms with Crippen molar-refractivity contribution < 1.29 is 14.8 Å². The Morgan fingerprint density at radius 2 is 2.10 bits per heavy atom. The maximum atomic E-state index is 9.38. The van der Waals surface area contributed by atoms with Gasteiger partial charge in [0.2, 0.25) is 0 Å². The third-order valence-electron chi connectivity index (χ3n) is 3.50. The van der Waals surface area contributed by atoms with Crippen LogP contribution in [-0.2, 0) is 6.54 Å². The lowest BCUT2D eigenvalue weighted by molar-refractivity contribution is 0.245. The van der Waals surface area contributed by atoms with Crippen molar-refractivity contribution in [1.29, 1.82) is 0 Å². The highest BCUT2D eigenvalue weighted by Crippen LogP contribution is 2.14. The molecule has 0 aliphatic heterocycles. The van der Waals surface area contributed by atoms with Crippen molar-refractivity contribution in [1.82, 2.24) is 4.90 Å². The number of benzene rings is 1. The van der Waals surface area contributed by atoms with Crippen LogP contribution in [0.4, 0.5) is 0 Å². The van der Waals surface area contributed by atoms with Gasteiger partial charge in [-0.2, -0.15) is 11.8 Å². The van der Waals surface area contributed by atoms with Gasteiger partial charge in [-0.1, -0.05) is 12.1 Å². The summed E-state index contributed by atoms with van der Waals surface area (Å²) in [5, 5.41) is 18.8.